The number of aliphatic carboxylic acids is 1. The fraction of sp³-hybridized carbons (Fsp3) is 0.400. The standard InChI is InChI=1S/C25H33Cl2N5O5S/c1-25(2,3)17-7-9-18(10-8-17)38(36,37)15-22(33)32(21(23(34)35)5-4-12-30-24(28)29)31-14-16-6-11-19(26)20(27)13-16/h6-11,13,21,31H,4-5,12,14-15H2,1-3H3,(H,34,35)(H4,28,29,30)/t21-/m0/s1. The van der Waals surface area contributed by atoms with Gasteiger partial charge in [0.1, 0.15) is 11.8 Å². The molecule has 0 fully saturated rings. The number of hydrogen-bond donors (Lipinski definition) is 4. The lowest BCUT2D eigenvalue weighted by molar-refractivity contribution is -0.152. The average molecular weight is 587 g/mol. The second kappa shape index (κ2) is 13.3. The van der Waals surface area contributed by atoms with Crippen LogP contribution in [0, 0.1) is 0 Å². The van der Waals surface area contributed by atoms with Gasteiger partial charge < -0.3 is 16.6 Å². The maximum Gasteiger partial charge on any atom is 0.328 e. The summed E-state index contributed by atoms with van der Waals surface area (Å²) in [6, 6.07) is 9.65. The Morgan fingerprint density at radius 3 is 2.24 bits per heavy atom. The van der Waals surface area contributed by atoms with Crippen LogP contribution in [0.2, 0.25) is 10.0 Å². The van der Waals surface area contributed by atoms with Crippen molar-refractivity contribution in [3.05, 3.63) is 63.6 Å². The molecule has 1 amide bonds. The van der Waals surface area contributed by atoms with Crippen molar-refractivity contribution in [2.75, 3.05) is 12.3 Å². The van der Waals surface area contributed by atoms with Gasteiger partial charge in [0.25, 0.3) is 5.91 Å². The molecule has 0 aliphatic carbocycles. The molecular weight excluding hydrogens is 553 g/mol. The molecule has 0 saturated heterocycles. The zero-order valence-corrected chi connectivity index (χ0v) is 23.8. The fourth-order valence-corrected chi connectivity index (χ4v) is 5.03. The Labute approximate surface area is 232 Å². The van der Waals surface area contributed by atoms with Crippen molar-refractivity contribution in [1.29, 1.82) is 0 Å². The van der Waals surface area contributed by atoms with E-state index in [4.69, 9.17) is 34.7 Å². The van der Waals surface area contributed by atoms with Crippen molar-refractivity contribution < 1.29 is 23.1 Å². The monoisotopic (exact) mass is 585 g/mol. The second-order valence-corrected chi connectivity index (χ2v) is 12.5. The molecular formula is C25H33Cl2N5O5S. The van der Waals surface area contributed by atoms with E-state index in [1.807, 2.05) is 20.8 Å². The van der Waals surface area contributed by atoms with Crippen LogP contribution in [-0.4, -0.2) is 54.7 Å². The van der Waals surface area contributed by atoms with Gasteiger partial charge in [-0.05, 0) is 53.6 Å². The van der Waals surface area contributed by atoms with Crippen molar-refractivity contribution in [1.82, 2.24) is 10.4 Å². The van der Waals surface area contributed by atoms with Crippen LogP contribution in [0.15, 0.2) is 52.4 Å². The molecule has 38 heavy (non-hydrogen) atoms. The number of amides is 1. The molecule has 0 aliphatic heterocycles. The number of nitrogens with zero attached hydrogens (tertiary/aromatic N) is 2. The minimum Gasteiger partial charge on any atom is -0.480 e. The zero-order valence-electron chi connectivity index (χ0n) is 21.4. The van der Waals surface area contributed by atoms with Crippen LogP contribution < -0.4 is 16.9 Å². The molecule has 0 heterocycles. The molecule has 0 unspecified atom stereocenters. The molecule has 2 aromatic carbocycles. The third kappa shape index (κ3) is 9.16. The number of rotatable bonds is 12. The van der Waals surface area contributed by atoms with Crippen molar-refractivity contribution in [2.45, 2.75) is 56.5 Å². The number of nitrogens with two attached hydrogens (primary N) is 2. The minimum absolute atomic E-state index is 0.0133. The van der Waals surface area contributed by atoms with Gasteiger partial charge in [0.15, 0.2) is 15.8 Å². The minimum atomic E-state index is -4.08. The van der Waals surface area contributed by atoms with E-state index in [9.17, 15) is 23.1 Å². The third-order valence-corrected chi connectivity index (χ3v) is 7.98. The van der Waals surface area contributed by atoms with Crippen LogP contribution in [0.4, 0.5) is 0 Å². The summed E-state index contributed by atoms with van der Waals surface area (Å²) >= 11 is 12.0. The van der Waals surface area contributed by atoms with Crippen LogP contribution in [0.5, 0.6) is 0 Å². The highest BCUT2D eigenvalue weighted by atomic mass is 35.5. The number of carbonyl (C=O) groups is 2. The van der Waals surface area contributed by atoms with Crippen LogP contribution in [0.25, 0.3) is 0 Å². The Morgan fingerprint density at radius 1 is 1.08 bits per heavy atom. The molecule has 0 saturated carbocycles. The summed E-state index contributed by atoms with van der Waals surface area (Å²) in [6.07, 6.45) is 0.195. The molecule has 1 atom stereocenters. The highest BCUT2D eigenvalue weighted by Crippen LogP contribution is 2.25. The molecule has 2 rings (SSSR count). The number of sulfone groups is 1. The molecule has 6 N–H and O–H groups in total. The first-order chi connectivity index (χ1) is 17.6. The topological polar surface area (TPSA) is 168 Å². The Kier molecular flexibility index (Phi) is 11.0. The van der Waals surface area contributed by atoms with Gasteiger partial charge in [0.05, 0.1) is 14.9 Å². The van der Waals surface area contributed by atoms with Gasteiger partial charge in [-0.15, -0.1) is 0 Å². The van der Waals surface area contributed by atoms with Crippen molar-refractivity contribution in [3.63, 3.8) is 0 Å². The van der Waals surface area contributed by atoms with Gasteiger partial charge >= 0.3 is 5.97 Å². The lowest BCUT2D eigenvalue weighted by atomic mass is 9.87. The molecule has 13 heteroatoms. The first kappa shape index (κ1) is 31.4. The number of aliphatic imine (C=N–C) groups is 1. The number of carbonyl (C=O) groups excluding carboxylic acids is 1. The molecule has 0 spiro atoms. The molecule has 208 valence electrons. The summed E-state index contributed by atoms with van der Waals surface area (Å²) in [5.41, 5.74) is 14.7. The Hall–Kier alpha value is -2.86. The molecule has 0 aromatic heterocycles. The number of hydrazine groups is 1. The summed E-state index contributed by atoms with van der Waals surface area (Å²) in [7, 11) is -4.08. The van der Waals surface area contributed by atoms with E-state index in [0.717, 1.165) is 10.6 Å². The van der Waals surface area contributed by atoms with Crippen LogP contribution >= 0.6 is 23.2 Å². The lowest BCUT2D eigenvalue weighted by Crippen LogP contribution is -2.54. The number of hydrogen-bond acceptors (Lipinski definition) is 6. The molecule has 0 radical (unpaired) electrons. The summed E-state index contributed by atoms with van der Waals surface area (Å²) < 4.78 is 26.2. The molecule has 2 aromatic rings. The van der Waals surface area contributed by atoms with E-state index >= 15 is 0 Å². The normalized spacial score (nSPS) is 12.6. The molecule has 0 bridgehead atoms. The van der Waals surface area contributed by atoms with Crippen LogP contribution in [0.3, 0.4) is 0 Å². The second-order valence-electron chi connectivity index (χ2n) is 9.68. The first-order valence-electron chi connectivity index (χ1n) is 11.7. The predicted molar refractivity (Wildman–Crippen MR) is 149 cm³/mol. The smallest absolute Gasteiger partial charge is 0.328 e. The number of carboxylic acids is 1. The summed E-state index contributed by atoms with van der Waals surface area (Å²) in [5.74, 6) is -3.34. The van der Waals surface area contributed by atoms with Gasteiger partial charge in [0, 0.05) is 13.1 Å². The highest BCUT2D eigenvalue weighted by molar-refractivity contribution is 7.92. The molecule has 0 aliphatic rings. The fourth-order valence-electron chi connectivity index (χ4n) is 3.53. The number of carboxylic acid groups (broad SMARTS) is 1. The predicted octanol–water partition coefficient (Wildman–Crippen LogP) is 3.10. The van der Waals surface area contributed by atoms with Gasteiger partial charge in [-0.3, -0.25) is 14.8 Å². The Bertz CT molecular complexity index is 1270. The van der Waals surface area contributed by atoms with E-state index in [0.29, 0.717) is 10.6 Å². The zero-order chi connectivity index (χ0) is 28.7. The van der Waals surface area contributed by atoms with Gasteiger partial charge in [-0.1, -0.05) is 62.2 Å². The lowest BCUT2D eigenvalue weighted by Gasteiger charge is -2.29. The van der Waals surface area contributed by atoms with Crippen molar-refractivity contribution in [2.24, 2.45) is 16.5 Å². The maximum absolute atomic E-state index is 13.3. The van der Waals surface area contributed by atoms with Crippen LogP contribution in [0.1, 0.15) is 44.7 Å². The van der Waals surface area contributed by atoms with E-state index in [2.05, 4.69) is 10.4 Å². The van der Waals surface area contributed by atoms with E-state index < -0.39 is 33.5 Å². The Morgan fingerprint density at radius 2 is 1.71 bits per heavy atom. The number of halogens is 2. The largest absolute Gasteiger partial charge is 0.480 e. The summed E-state index contributed by atoms with van der Waals surface area (Å²) in [4.78, 5) is 29.2. The van der Waals surface area contributed by atoms with E-state index in [1.54, 1.807) is 30.3 Å². The number of benzene rings is 2. The summed E-state index contributed by atoms with van der Waals surface area (Å²) in [5, 5.41) is 11.3. The number of guanidine groups is 1. The number of nitrogens with one attached hydrogen (secondary N) is 1. The Balaban J connectivity index is 2.31. The van der Waals surface area contributed by atoms with Crippen molar-refractivity contribution in [3.8, 4) is 0 Å². The molecule has 10 nitrogen and oxygen atoms in total. The van der Waals surface area contributed by atoms with Crippen LogP contribution in [-0.2, 0) is 31.4 Å². The first-order valence-corrected chi connectivity index (χ1v) is 14.1. The van der Waals surface area contributed by atoms with Gasteiger partial charge in [0.2, 0.25) is 0 Å². The van der Waals surface area contributed by atoms with Gasteiger partial charge in [-0.2, -0.15) is 0 Å². The van der Waals surface area contributed by atoms with E-state index in [-0.39, 0.29) is 47.2 Å². The quantitative estimate of drug-likeness (QED) is 0.127. The SMILES string of the molecule is CC(C)(C)c1ccc(S(=O)(=O)CC(=O)N(NCc2ccc(Cl)c(Cl)c2)[C@@H](CCCN=C(N)N)C(=O)O)cc1. The maximum atomic E-state index is 13.3. The van der Waals surface area contributed by atoms with Crippen molar-refractivity contribution >= 4 is 50.9 Å². The van der Waals surface area contributed by atoms with Gasteiger partial charge in [-0.25, -0.2) is 18.6 Å². The third-order valence-electron chi connectivity index (χ3n) is 5.63. The van der Waals surface area contributed by atoms with E-state index in [1.165, 1.54) is 12.1 Å². The highest BCUT2D eigenvalue weighted by Gasteiger charge is 2.33. The average Bonchev–Trinajstić information content (AvgIpc) is 2.81. The summed E-state index contributed by atoms with van der Waals surface area (Å²) in [6.45, 7) is 6.12.